The quantitative estimate of drug-likeness (QED) is 0.819. The molecule has 6 heteroatoms. The van der Waals surface area contributed by atoms with Crippen molar-refractivity contribution in [1.29, 1.82) is 0 Å². The van der Waals surface area contributed by atoms with Crippen LogP contribution < -0.4 is 20.3 Å². The van der Waals surface area contributed by atoms with Gasteiger partial charge in [-0.1, -0.05) is 30.3 Å². The van der Waals surface area contributed by atoms with Crippen molar-refractivity contribution in [3.05, 3.63) is 60.2 Å². The maximum atomic E-state index is 12.4. The SMILES string of the molecule is COc1ccc(N(CC(=O)NC(=O)NC(C)(C)C)Cc2ccccc2)cc1. The third-order valence-corrected chi connectivity index (χ3v) is 3.73. The molecule has 0 fully saturated rings. The molecule has 6 nitrogen and oxygen atoms in total. The molecular weight excluding hydrogens is 342 g/mol. The highest BCUT2D eigenvalue weighted by Gasteiger charge is 2.18. The summed E-state index contributed by atoms with van der Waals surface area (Å²) in [7, 11) is 1.61. The molecule has 0 radical (unpaired) electrons. The Kier molecular flexibility index (Phi) is 6.82. The van der Waals surface area contributed by atoms with Crippen LogP contribution >= 0.6 is 0 Å². The number of nitrogens with zero attached hydrogens (tertiary/aromatic N) is 1. The van der Waals surface area contributed by atoms with Crippen LogP contribution in [-0.4, -0.2) is 31.1 Å². The lowest BCUT2D eigenvalue weighted by Gasteiger charge is -2.25. The lowest BCUT2D eigenvalue weighted by atomic mass is 10.1. The minimum Gasteiger partial charge on any atom is -0.497 e. The predicted molar refractivity (Wildman–Crippen MR) is 107 cm³/mol. The third-order valence-electron chi connectivity index (χ3n) is 3.73. The maximum absolute atomic E-state index is 12.4. The van der Waals surface area contributed by atoms with Crippen LogP contribution in [-0.2, 0) is 11.3 Å². The molecule has 0 aliphatic heterocycles. The molecule has 0 spiro atoms. The zero-order chi connectivity index (χ0) is 19.9. The second-order valence-electron chi connectivity index (χ2n) is 7.29. The number of imide groups is 1. The number of carbonyl (C=O) groups is 2. The van der Waals surface area contributed by atoms with Crippen LogP contribution in [0, 0.1) is 0 Å². The molecule has 2 aromatic carbocycles. The zero-order valence-corrected chi connectivity index (χ0v) is 16.3. The number of hydrogen-bond donors (Lipinski definition) is 2. The molecule has 2 aromatic rings. The van der Waals surface area contributed by atoms with Crippen LogP contribution in [0.15, 0.2) is 54.6 Å². The summed E-state index contributed by atoms with van der Waals surface area (Å²) in [4.78, 5) is 26.3. The molecule has 27 heavy (non-hydrogen) atoms. The highest BCUT2D eigenvalue weighted by Crippen LogP contribution is 2.21. The smallest absolute Gasteiger partial charge is 0.321 e. The van der Waals surface area contributed by atoms with Crippen molar-refractivity contribution in [3.63, 3.8) is 0 Å². The molecule has 0 heterocycles. The number of amides is 3. The van der Waals surface area contributed by atoms with E-state index in [1.54, 1.807) is 7.11 Å². The molecule has 0 bridgehead atoms. The van der Waals surface area contributed by atoms with Crippen molar-refractivity contribution in [3.8, 4) is 5.75 Å². The van der Waals surface area contributed by atoms with Crippen LogP contribution in [0.3, 0.4) is 0 Å². The molecule has 0 unspecified atom stereocenters. The minimum absolute atomic E-state index is 0.0544. The number of nitrogens with one attached hydrogen (secondary N) is 2. The Labute approximate surface area is 160 Å². The second kappa shape index (κ2) is 9.07. The molecule has 0 saturated carbocycles. The Bertz CT molecular complexity index is 752. The van der Waals surface area contributed by atoms with Crippen molar-refractivity contribution in [2.45, 2.75) is 32.9 Å². The zero-order valence-electron chi connectivity index (χ0n) is 16.3. The van der Waals surface area contributed by atoms with E-state index in [1.165, 1.54) is 0 Å². The number of ether oxygens (including phenoxy) is 1. The van der Waals surface area contributed by atoms with Crippen LogP contribution in [0.4, 0.5) is 10.5 Å². The molecule has 0 aromatic heterocycles. The number of benzene rings is 2. The monoisotopic (exact) mass is 369 g/mol. The number of rotatable bonds is 6. The van der Waals surface area contributed by atoms with E-state index in [4.69, 9.17) is 4.74 Å². The van der Waals surface area contributed by atoms with Gasteiger partial charge in [-0.2, -0.15) is 0 Å². The number of methoxy groups -OCH3 is 1. The first-order valence-electron chi connectivity index (χ1n) is 8.82. The van der Waals surface area contributed by atoms with Crippen molar-refractivity contribution in [1.82, 2.24) is 10.6 Å². The van der Waals surface area contributed by atoms with Gasteiger partial charge in [-0.15, -0.1) is 0 Å². The van der Waals surface area contributed by atoms with Gasteiger partial charge >= 0.3 is 6.03 Å². The van der Waals surface area contributed by atoms with Gasteiger partial charge in [0, 0.05) is 17.8 Å². The Morgan fingerprint density at radius 2 is 1.63 bits per heavy atom. The molecule has 0 aliphatic rings. The fourth-order valence-corrected chi connectivity index (χ4v) is 2.55. The largest absolute Gasteiger partial charge is 0.497 e. The van der Waals surface area contributed by atoms with E-state index in [1.807, 2.05) is 80.3 Å². The summed E-state index contributed by atoms with van der Waals surface area (Å²) in [5, 5.41) is 5.11. The van der Waals surface area contributed by atoms with Gasteiger partial charge in [0.25, 0.3) is 0 Å². The molecule has 0 atom stereocenters. The van der Waals surface area contributed by atoms with Gasteiger partial charge in [-0.25, -0.2) is 4.79 Å². The molecule has 144 valence electrons. The Hall–Kier alpha value is -3.02. The highest BCUT2D eigenvalue weighted by atomic mass is 16.5. The Morgan fingerprint density at radius 1 is 1.00 bits per heavy atom. The van der Waals surface area contributed by atoms with E-state index < -0.39 is 11.6 Å². The molecule has 0 saturated heterocycles. The number of anilines is 1. The molecule has 0 aliphatic carbocycles. The summed E-state index contributed by atoms with van der Waals surface area (Å²) in [6.07, 6.45) is 0. The standard InChI is InChI=1S/C21H27N3O3/c1-21(2,3)23-20(26)22-19(25)15-24(14-16-8-6-5-7-9-16)17-10-12-18(27-4)13-11-17/h5-13H,14-15H2,1-4H3,(H2,22,23,25,26). The van der Waals surface area contributed by atoms with E-state index in [2.05, 4.69) is 10.6 Å². The van der Waals surface area contributed by atoms with E-state index in [-0.39, 0.29) is 12.5 Å². The highest BCUT2D eigenvalue weighted by molar-refractivity contribution is 5.96. The third kappa shape index (κ3) is 7.01. The van der Waals surface area contributed by atoms with E-state index in [0.717, 1.165) is 17.0 Å². The van der Waals surface area contributed by atoms with Gasteiger partial charge in [-0.3, -0.25) is 10.1 Å². The maximum Gasteiger partial charge on any atom is 0.321 e. The first kappa shape index (κ1) is 20.3. The van der Waals surface area contributed by atoms with Crippen LogP contribution in [0.2, 0.25) is 0 Å². The topological polar surface area (TPSA) is 70.7 Å². The van der Waals surface area contributed by atoms with Crippen molar-refractivity contribution in [2.75, 3.05) is 18.6 Å². The first-order valence-corrected chi connectivity index (χ1v) is 8.82. The van der Waals surface area contributed by atoms with Crippen LogP contribution in [0.25, 0.3) is 0 Å². The summed E-state index contributed by atoms with van der Waals surface area (Å²) in [5.74, 6) is 0.371. The molecule has 2 N–H and O–H groups in total. The normalized spacial score (nSPS) is 10.8. The number of hydrogen-bond acceptors (Lipinski definition) is 4. The van der Waals surface area contributed by atoms with Gasteiger partial charge in [0.1, 0.15) is 5.75 Å². The van der Waals surface area contributed by atoms with Crippen LogP contribution in [0.1, 0.15) is 26.3 Å². The lowest BCUT2D eigenvalue weighted by Crippen LogP contribution is -2.50. The molecule has 3 amide bonds. The Balaban J connectivity index is 2.11. The summed E-state index contributed by atoms with van der Waals surface area (Å²) in [6, 6.07) is 16.8. The van der Waals surface area contributed by atoms with Gasteiger partial charge in [0.05, 0.1) is 13.7 Å². The van der Waals surface area contributed by atoms with Gasteiger partial charge < -0.3 is 15.0 Å². The fourth-order valence-electron chi connectivity index (χ4n) is 2.55. The number of carbonyl (C=O) groups excluding carboxylic acids is 2. The van der Waals surface area contributed by atoms with E-state index in [9.17, 15) is 9.59 Å². The van der Waals surface area contributed by atoms with Crippen LogP contribution in [0.5, 0.6) is 5.75 Å². The summed E-state index contributed by atoms with van der Waals surface area (Å²) < 4.78 is 5.20. The first-order chi connectivity index (χ1) is 12.8. The lowest BCUT2D eigenvalue weighted by molar-refractivity contribution is -0.118. The Morgan fingerprint density at radius 3 is 2.19 bits per heavy atom. The molecular formula is C21H27N3O3. The van der Waals surface area contributed by atoms with Crippen molar-refractivity contribution in [2.24, 2.45) is 0 Å². The van der Waals surface area contributed by atoms with Gasteiger partial charge in [0.15, 0.2) is 0 Å². The van der Waals surface area contributed by atoms with E-state index >= 15 is 0 Å². The summed E-state index contributed by atoms with van der Waals surface area (Å²) in [5.41, 5.74) is 1.52. The summed E-state index contributed by atoms with van der Waals surface area (Å²) in [6.45, 7) is 6.17. The predicted octanol–water partition coefficient (Wildman–Crippen LogP) is 3.33. The minimum atomic E-state index is -0.498. The van der Waals surface area contributed by atoms with Gasteiger partial charge in [-0.05, 0) is 50.6 Å². The summed E-state index contributed by atoms with van der Waals surface area (Å²) >= 11 is 0. The average Bonchev–Trinajstić information content (AvgIpc) is 2.60. The second-order valence-corrected chi connectivity index (χ2v) is 7.29. The molecule has 2 rings (SSSR count). The van der Waals surface area contributed by atoms with Crippen molar-refractivity contribution < 1.29 is 14.3 Å². The fraction of sp³-hybridized carbons (Fsp3) is 0.333. The average molecular weight is 369 g/mol. The van der Waals surface area contributed by atoms with Crippen molar-refractivity contribution >= 4 is 17.6 Å². The number of urea groups is 1. The van der Waals surface area contributed by atoms with Gasteiger partial charge in [0.2, 0.25) is 5.91 Å². The van der Waals surface area contributed by atoms with E-state index in [0.29, 0.717) is 6.54 Å².